The largest absolute Gasteiger partial charge is 0.157 e. The van der Waals surface area contributed by atoms with Crippen molar-refractivity contribution in [3.8, 4) is 5.69 Å². The maximum atomic E-state index is 4.19. The highest BCUT2D eigenvalue weighted by Crippen LogP contribution is 2.02. The first-order valence-corrected chi connectivity index (χ1v) is 5.80. The van der Waals surface area contributed by atoms with Gasteiger partial charge in [0.15, 0.2) is 0 Å². The lowest BCUT2D eigenvalue weighted by molar-refractivity contribution is 0.746. The van der Waals surface area contributed by atoms with Crippen LogP contribution in [-0.2, 0) is 0 Å². The smallest absolute Gasteiger partial charge is 0.0856 e. The van der Waals surface area contributed by atoms with Crippen molar-refractivity contribution in [3.05, 3.63) is 42.2 Å². The lowest BCUT2D eigenvalue weighted by atomic mass is 10.3. The van der Waals surface area contributed by atoms with Crippen molar-refractivity contribution in [2.24, 2.45) is 0 Å². The third-order valence-corrected chi connectivity index (χ3v) is 1.59. The third kappa shape index (κ3) is 4.26. The van der Waals surface area contributed by atoms with Crippen LogP contribution in [0.25, 0.3) is 5.69 Å². The molecule has 3 heteroatoms. The molecule has 2 rings (SSSR count). The molecule has 1 aromatic heterocycles. The first-order valence-electron chi connectivity index (χ1n) is 5.80. The van der Waals surface area contributed by atoms with Crippen molar-refractivity contribution in [2.75, 3.05) is 0 Å². The van der Waals surface area contributed by atoms with Gasteiger partial charge in [0.25, 0.3) is 0 Å². The van der Waals surface area contributed by atoms with Gasteiger partial charge in [0, 0.05) is 0 Å². The minimum absolute atomic E-state index is 0.929. The number of hydrogen-bond donors (Lipinski definition) is 0. The Morgan fingerprint density at radius 3 is 1.94 bits per heavy atom. The van der Waals surface area contributed by atoms with Crippen molar-refractivity contribution in [1.82, 2.24) is 15.0 Å². The Morgan fingerprint density at radius 2 is 1.50 bits per heavy atom. The predicted molar refractivity (Wildman–Crippen MR) is 68.8 cm³/mol. The van der Waals surface area contributed by atoms with E-state index < -0.39 is 0 Å². The van der Waals surface area contributed by atoms with Gasteiger partial charge in [-0.3, -0.25) is 0 Å². The second-order valence-corrected chi connectivity index (χ2v) is 2.61. The minimum Gasteiger partial charge on any atom is -0.157 e. The van der Waals surface area contributed by atoms with E-state index in [1.807, 2.05) is 65.0 Å². The molecule has 1 aromatic carbocycles. The average molecular weight is 219 g/mol. The van der Waals surface area contributed by atoms with E-state index in [0.717, 1.165) is 11.4 Å². The molecule has 16 heavy (non-hydrogen) atoms. The highest BCUT2D eigenvalue weighted by Gasteiger charge is 1.96. The summed E-state index contributed by atoms with van der Waals surface area (Å²) in [5.41, 5.74) is 1.92. The first-order chi connectivity index (χ1) is 7.86. The quantitative estimate of drug-likeness (QED) is 0.733. The van der Waals surface area contributed by atoms with Gasteiger partial charge in [0.05, 0.1) is 17.6 Å². The van der Waals surface area contributed by atoms with Crippen LogP contribution in [0.3, 0.4) is 0 Å². The third-order valence-electron chi connectivity index (χ3n) is 1.59. The summed E-state index contributed by atoms with van der Waals surface area (Å²) >= 11 is 0. The monoisotopic (exact) mass is 219 g/mol. The Balaban J connectivity index is 0.000000509. The van der Waals surface area contributed by atoms with E-state index >= 15 is 0 Å². The summed E-state index contributed by atoms with van der Waals surface area (Å²) in [4.78, 5) is 1.62. The van der Waals surface area contributed by atoms with Crippen LogP contribution >= 0.6 is 0 Å². The van der Waals surface area contributed by atoms with E-state index in [4.69, 9.17) is 0 Å². The van der Waals surface area contributed by atoms with Crippen LogP contribution in [0.15, 0.2) is 36.5 Å². The van der Waals surface area contributed by atoms with Crippen LogP contribution in [0, 0.1) is 6.92 Å². The number of aryl methyl sites for hydroxylation is 1. The SMILES string of the molecule is CC.CC.Cc1cnn(-c2ccccc2)n1. The summed E-state index contributed by atoms with van der Waals surface area (Å²) in [6, 6.07) is 9.85. The van der Waals surface area contributed by atoms with E-state index in [1.54, 1.807) is 11.0 Å². The van der Waals surface area contributed by atoms with Crippen LogP contribution in [0.2, 0.25) is 0 Å². The molecule has 88 valence electrons. The Labute approximate surface area is 98.1 Å². The highest BCUT2D eigenvalue weighted by molar-refractivity contribution is 5.28. The molecule has 0 aliphatic carbocycles. The molecule has 1 heterocycles. The van der Waals surface area contributed by atoms with Gasteiger partial charge in [-0.25, -0.2) is 0 Å². The second kappa shape index (κ2) is 8.65. The zero-order valence-electron chi connectivity index (χ0n) is 10.8. The molecule has 0 amide bonds. The van der Waals surface area contributed by atoms with Crippen LogP contribution < -0.4 is 0 Å². The van der Waals surface area contributed by atoms with Crippen LogP contribution in [0.5, 0.6) is 0 Å². The van der Waals surface area contributed by atoms with Gasteiger partial charge in [-0.2, -0.15) is 15.0 Å². The van der Waals surface area contributed by atoms with Gasteiger partial charge in [0.1, 0.15) is 0 Å². The zero-order valence-corrected chi connectivity index (χ0v) is 10.8. The molecule has 0 aliphatic heterocycles. The molecule has 0 bridgehead atoms. The lowest BCUT2D eigenvalue weighted by Crippen LogP contribution is -1.97. The van der Waals surface area contributed by atoms with Crippen LogP contribution in [-0.4, -0.2) is 15.0 Å². The summed E-state index contributed by atoms with van der Waals surface area (Å²) in [7, 11) is 0. The Hall–Kier alpha value is -1.64. The maximum absolute atomic E-state index is 4.19. The van der Waals surface area contributed by atoms with Crippen molar-refractivity contribution in [1.29, 1.82) is 0 Å². The van der Waals surface area contributed by atoms with E-state index in [-0.39, 0.29) is 0 Å². The fraction of sp³-hybridized carbons (Fsp3) is 0.385. The minimum atomic E-state index is 0.929. The molecule has 3 nitrogen and oxygen atoms in total. The molecule has 0 aliphatic rings. The molecule has 0 radical (unpaired) electrons. The van der Waals surface area contributed by atoms with E-state index in [0.29, 0.717) is 0 Å². The summed E-state index contributed by atoms with van der Waals surface area (Å²) in [6.07, 6.45) is 1.74. The number of nitrogens with zero attached hydrogens (tertiary/aromatic N) is 3. The summed E-state index contributed by atoms with van der Waals surface area (Å²) < 4.78 is 0. The normalized spacial score (nSPS) is 8.31. The van der Waals surface area contributed by atoms with Gasteiger partial charge in [0.2, 0.25) is 0 Å². The van der Waals surface area contributed by atoms with Crippen molar-refractivity contribution in [3.63, 3.8) is 0 Å². The van der Waals surface area contributed by atoms with E-state index in [9.17, 15) is 0 Å². The Bertz CT molecular complexity index is 366. The number of para-hydroxylation sites is 1. The van der Waals surface area contributed by atoms with Crippen molar-refractivity contribution >= 4 is 0 Å². The van der Waals surface area contributed by atoms with E-state index in [2.05, 4.69) is 10.2 Å². The fourth-order valence-electron chi connectivity index (χ4n) is 1.03. The fourth-order valence-corrected chi connectivity index (χ4v) is 1.03. The Morgan fingerprint density at radius 1 is 0.938 bits per heavy atom. The topological polar surface area (TPSA) is 30.7 Å². The van der Waals surface area contributed by atoms with Gasteiger partial charge in [-0.15, -0.1) is 0 Å². The molecule has 0 spiro atoms. The average Bonchev–Trinajstić information content (AvgIpc) is 2.82. The van der Waals surface area contributed by atoms with Gasteiger partial charge >= 0.3 is 0 Å². The number of rotatable bonds is 1. The van der Waals surface area contributed by atoms with Crippen molar-refractivity contribution < 1.29 is 0 Å². The molecule has 0 atom stereocenters. The molecule has 0 N–H and O–H groups in total. The second-order valence-electron chi connectivity index (χ2n) is 2.61. The summed E-state index contributed by atoms with van der Waals surface area (Å²) in [5.74, 6) is 0. The maximum Gasteiger partial charge on any atom is 0.0856 e. The highest BCUT2D eigenvalue weighted by atomic mass is 15.5. The lowest BCUT2D eigenvalue weighted by Gasteiger charge is -1.96. The molecule has 0 unspecified atom stereocenters. The molecule has 0 saturated carbocycles. The molecule has 0 fully saturated rings. The number of benzene rings is 1. The van der Waals surface area contributed by atoms with Gasteiger partial charge in [-0.1, -0.05) is 45.9 Å². The number of hydrogen-bond acceptors (Lipinski definition) is 2. The van der Waals surface area contributed by atoms with Crippen LogP contribution in [0.4, 0.5) is 0 Å². The molecule has 0 saturated heterocycles. The zero-order chi connectivity index (χ0) is 12.4. The number of aromatic nitrogens is 3. The van der Waals surface area contributed by atoms with Crippen LogP contribution in [0.1, 0.15) is 33.4 Å². The summed E-state index contributed by atoms with van der Waals surface area (Å²) in [6.45, 7) is 9.92. The predicted octanol–water partition coefficient (Wildman–Crippen LogP) is 3.63. The van der Waals surface area contributed by atoms with E-state index in [1.165, 1.54) is 0 Å². The Kier molecular flexibility index (Phi) is 7.76. The first kappa shape index (κ1) is 14.4. The van der Waals surface area contributed by atoms with Gasteiger partial charge in [-0.05, 0) is 19.1 Å². The van der Waals surface area contributed by atoms with Gasteiger partial charge < -0.3 is 0 Å². The molecular weight excluding hydrogens is 198 g/mol. The molecule has 2 aromatic rings. The van der Waals surface area contributed by atoms with Crippen molar-refractivity contribution in [2.45, 2.75) is 34.6 Å². The summed E-state index contributed by atoms with van der Waals surface area (Å²) in [5, 5.41) is 8.28. The standard InChI is InChI=1S/C9H9N3.2C2H6/c1-8-7-10-12(11-8)9-5-3-2-4-6-9;2*1-2/h2-7H,1H3;2*1-2H3. The molecular formula is C13H21N3.